The summed E-state index contributed by atoms with van der Waals surface area (Å²) in [6.07, 6.45) is 0. The van der Waals surface area contributed by atoms with E-state index in [1.54, 1.807) is 18.2 Å². The third kappa shape index (κ3) is 5.71. The molecule has 23 heavy (non-hydrogen) atoms. The van der Waals surface area contributed by atoms with Gasteiger partial charge in [0.15, 0.2) is 6.73 Å². The van der Waals surface area contributed by atoms with Crippen molar-refractivity contribution >= 4 is 17.6 Å². The number of amides is 2. The van der Waals surface area contributed by atoms with E-state index in [1.807, 2.05) is 37.3 Å². The molecule has 2 N–H and O–H groups in total. The highest BCUT2D eigenvalue weighted by Crippen LogP contribution is 2.17. The molecule has 0 heterocycles. The predicted molar refractivity (Wildman–Crippen MR) is 89.9 cm³/mol. The van der Waals surface area contributed by atoms with Crippen LogP contribution in [-0.2, 0) is 6.54 Å². The lowest BCUT2D eigenvalue weighted by Gasteiger charge is -2.10. The molecule has 6 heteroatoms. The summed E-state index contributed by atoms with van der Waals surface area (Å²) in [5.74, 6) is 1.44. The summed E-state index contributed by atoms with van der Waals surface area (Å²) in [6.45, 7) is 2.97. The number of hydrogen-bond acceptors (Lipinski definition) is 3. The lowest BCUT2D eigenvalue weighted by Crippen LogP contribution is -2.37. The highest BCUT2D eigenvalue weighted by molar-refractivity contribution is 6.31. The minimum atomic E-state index is -0.323. The summed E-state index contributed by atoms with van der Waals surface area (Å²) in [7, 11) is 0. The van der Waals surface area contributed by atoms with Crippen LogP contribution in [0.15, 0.2) is 48.5 Å². The van der Waals surface area contributed by atoms with E-state index < -0.39 is 0 Å². The number of urea groups is 1. The third-order valence-corrected chi connectivity index (χ3v) is 3.37. The fourth-order valence-electron chi connectivity index (χ4n) is 1.86. The molecule has 0 fully saturated rings. The molecule has 122 valence electrons. The standard InChI is InChI=1S/C17H19ClN2O3/c1-2-22-14-7-9-15(10-8-14)23-12-20-17(21)19-11-13-5-3-4-6-16(13)18/h3-10H,2,11-12H2,1H3,(H2,19,20,21). The lowest BCUT2D eigenvalue weighted by molar-refractivity contribution is 0.223. The van der Waals surface area contributed by atoms with E-state index >= 15 is 0 Å². The van der Waals surface area contributed by atoms with E-state index in [0.29, 0.717) is 23.9 Å². The highest BCUT2D eigenvalue weighted by atomic mass is 35.5. The first-order valence-electron chi connectivity index (χ1n) is 7.30. The number of carbonyl (C=O) groups excluding carboxylic acids is 1. The molecule has 0 aliphatic heterocycles. The maximum atomic E-state index is 11.7. The molecule has 0 bridgehead atoms. The van der Waals surface area contributed by atoms with Crippen molar-refractivity contribution in [3.8, 4) is 11.5 Å². The van der Waals surface area contributed by atoms with Gasteiger partial charge >= 0.3 is 6.03 Å². The molecule has 2 amide bonds. The van der Waals surface area contributed by atoms with Crippen LogP contribution in [0.25, 0.3) is 0 Å². The smallest absolute Gasteiger partial charge is 0.317 e. The molecule has 0 unspecified atom stereocenters. The fraction of sp³-hybridized carbons (Fsp3) is 0.235. The van der Waals surface area contributed by atoms with Gasteiger partial charge in [0.25, 0.3) is 0 Å². The summed E-state index contributed by atoms with van der Waals surface area (Å²) in [6, 6.07) is 14.2. The Balaban J connectivity index is 1.69. The second-order valence-corrected chi connectivity index (χ2v) is 5.05. The molecule has 0 saturated carbocycles. The Labute approximate surface area is 140 Å². The number of rotatable bonds is 7. The second-order valence-electron chi connectivity index (χ2n) is 4.64. The molecule has 0 atom stereocenters. The Hall–Kier alpha value is -2.40. The first-order valence-corrected chi connectivity index (χ1v) is 7.67. The van der Waals surface area contributed by atoms with Crippen LogP contribution in [0.5, 0.6) is 11.5 Å². The Bertz CT molecular complexity index is 632. The molecular formula is C17H19ClN2O3. The molecule has 0 aliphatic carbocycles. The van der Waals surface area contributed by atoms with E-state index in [9.17, 15) is 4.79 Å². The maximum absolute atomic E-state index is 11.7. The van der Waals surface area contributed by atoms with Crippen LogP contribution in [0, 0.1) is 0 Å². The molecule has 2 rings (SSSR count). The number of halogens is 1. The third-order valence-electron chi connectivity index (χ3n) is 3.00. The van der Waals surface area contributed by atoms with Crippen LogP contribution in [0.1, 0.15) is 12.5 Å². The van der Waals surface area contributed by atoms with Crippen LogP contribution >= 0.6 is 11.6 Å². The minimum Gasteiger partial charge on any atom is -0.494 e. The molecule has 0 aromatic heterocycles. The van der Waals surface area contributed by atoms with E-state index in [-0.39, 0.29) is 12.8 Å². The Morgan fingerprint density at radius 2 is 1.65 bits per heavy atom. The van der Waals surface area contributed by atoms with E-state index in [2.05, 4.69) is 10.6 Å². The monoisotopic (exact) mass is 334 g/mol. The van der Waals surface area contributed by atoms with Crippen LogP contribution in [0.3, 0.4) is 0 Å². The molecule has 0 radical (unpaired) electrons. The summed E-state index contributed by atoms with van der Waals surface area (Å²) in [5, 5.41) is 5.95. The molecule has 2 aromatic carbocycles. The van der Waals surface area contributed by atoms with E-state index in [4.69, 9.17) is 21.1 Å². The number of ether oxygens (including phenoxy) is 2. The SMILES string of the molecule is CCOc1ccc(OCNC(=O)NCc2ccccc2Cl)cc1. The van der Waals surface area contributed by atoms with Crippen molar-refractivity contribution in [1.29, 1.82) is 0 Å². The Kier molecular flexibility index (Phi) is 6.56. The summed E-state index contributed by atoms with van der Waals surface area (Å²) in [5.41, 5.74) is 0.858. The van der Waals surface area contributed by atoms with Gasteiger partial charge in [0.1, 0.15) is 11.5 Å². The number of carbonyl (C=O) groups is 1. The van der Waals surface area contributed by atoms with Gasteiger partial charge in [-0.25, -0.2) is 4.79 Å². The van der Waals surface area contributed by atoms with Crippen molar-refractivity contribution in [2.75, 3.05) is 13.3 Å². The normalized spacial score (nSPS) is 10.0. The minimum absolute atomic E-state index is 0.0718. The summed E-state index contributed by atoms with van der Waals surface area (Å²) in [4.78, 5) is 11.7. The van der Waals surface area contributed by atoms with Gasteiger partial charge in [-0.2, -0.15) is 0 Å². The van der Waals surface area contributed by atoms with Crippen LogP contribution < -0.4 is 20.1 Å². The van der Waals surface area contributed by atoms with Crippen molar-refractivity contribution in [2.24, 2.45) is 0 Å². The van der Waals surface area contributed by atoms with Gasteiger partial charge in [-0.1, -0.05) is 29.8 Å². The number of nitrogens with one attached hydrogen (secondary N) is 2. The van der Waals surface area contributed by atoms with Gasteiger partial charge in [0, 0.05) is 11.6 Å². The zero-order chi connectivity index (χ0) is 16.5. The van der Waals surface area contributed by atoms with Crippen molar-refractivity contribution in [2.45, 2.75) is 13.5 Å². The molecule has 0 aliphatic rings. The van der Waals surface area contributed by atoms with Gasteiger partial charge < -0.3 is 20.1 Å². The number of hydrogen-bond donors (Lipinski definition) is 2. The quantitative estimate of drug-likeness (QED) is 0.761. The fourth-order valence-corrected chi connectivity index (χ4v) is 2.07. The van der Waals surface area contributed by atoms with E-state index in [1.165, 1.54) is 0 Å². The molecule has 0 spiro atoms. The van der Waals surface area contributed by atoms with Crippen molar-refractivity contribution in [3.63, 3.8) is 0 Å². The molecular weight excluding hydrogens is 316 g/mol. The maximum Gasteiger partial charge on any atom is 0.317 e. The van der Waals surface area contributed by atoms with Crippen LogP contribution in [-0.4, -0.2) is 19.4 Å². The largest absolute Gasteiger partial charge is 0.494 e. The van der Waals surface area contributed by atoms with Crippen LogP contribution in [0.2, 0.25) is 5.02 Å². The van der Waals surface area contributed by atoms with Crippen LogP contribution in [0.4, 0.5) is 4.79 Å². The zero-order valence-corrected chi connectivity index (χ0v) is 13.6. The van der Waals surface area contributed by atoms with Crippen molar-refractivity contribution in [3.05, 3.63) is 59.1 Å². The average molecular weight is 335 g/mol. The Morgan fingerprint density at radius 3 is 2.30 bits per heavy atom. The van der Waals surface area contributed by atoms with Gasteiger partial charge in [0.2, 0.25) is 0 Å². The topological polar surface area (TPSA) is 59.6 Å². The number of benzene rings is 2. The molecule has 0 saturated heterocycles. The zero-order valence-electron chi connectivity index (χ0n) is 12.8. The lowest BCUT2D eigenvalue weighted by atomic mass is 10.2. The van der Waals surface area contributed by atoms with Gasteiger partial charge in [-0.15, -0.1) is 0 Å². The molecule has 5 nitrogen and oxygen atoms in total. The molecule has 2 aromatic rings. The van der Waals surface area contributed by atoms with Crippen molar-refractivity contribution < 1.29 is 14.3 Å². The Morgan fingerprint density at radius 1 is 1.00 bits per heavy atom. The van der Waals surface area contributed by atoms with E-state index in [0.717, 1.165) is 11.3 Å². The second kappa shape index (κ2) is 8.90. The van der Waals surface area contributed by atoms with Gasteiger partial charge in [-0.05, 0) is 42.8 Å². The average Bonchev–Trinajstić information content (AvgIpc) is 2.56. The van der Waals surface area contributed by atoms with Gasteiger partial charge in [0.05, 0.1) is 6.61 Å². The highest BCUT2D eigenvalue weighted by Gasteiger charge is 2.03. The first-order chi connectivity index (χ1) is 11.2. The van der Waals surface area contributed by atoms with Crippen molar-refractivity contribution in [1.82, 2.24) is 10.6 Å². The first kappa shape index (κ1) is 17.0. The summed E-state index contributed by atoms with van der Waals surface area (Å²) >= 11 is 6.02. The summed E-state index contributed by atoms with van der Waals surface area (Å²) < 4.78 is 10.8. The predicted octanol–water partition coefficient (Wildman–Crippen LogP) is 3.57. The van der Waals surface area contributed by atoms with Gasteiger partial charge in [-0.3, -0.25) is 0 Å².